The fourth-order valence-corrected chi connectivity index (χ4v) is 4.76. The fraction of sp³-hybridized carbons (Fsp3) is 0.304. The Labute approximate surface area is 220 Å². The zero-order chi connectivity index (χ0) is 25.0. The summed E-state index contributed by atoms with van der Waals surface area (Å²) in [4.78, 5) is 29.7. The van der Waals surface area contributed by atoms with Gasteiger partial charge in [0.25, 0.3) is 5.91 Å². The van der Waals surface area contributed by atoms with Gasteiger partial charge in [0.1, 0.15) is 5.82 Å². The highest BCUT2D eigenvalue weighted by Crippen LogP contribution is 2.27. The molecular weight excluding hydrogens is 561 g/mol. The van der Waals surface area contributed by atoms with Crippen LogP contribution in [0.5, 0.6) is 0 Å². The maximum Gasteiger partial charge on any atom is 0.253 e. The number of nitrogens with zero attached hydrogens (tertiary/aromatic N) is 2. The number of amides is 2. The molecule has 1 heterocycles. The molecule has 180 valence electrons. The minimum atomic E-state index is -0.429. The Morgan fingerprint density at radius 1 is 1.15 bits per heavy atom. The molecule has 11 heteroatoms. The van der Waals surface area contributed by atoms with Crippen molar-refractivity contribution in [3.63, 3.8) is 0 Å². The first-order valence-corrected chi connectivity index (χ1v) is 13.0. The highest BCUT2D eigenvalue weighted by molar-refractivity contribution is 9.10. The highest BCUT2D eigenvalue weighted by Gasteiger charge is 2.24. The van der Waals surface area contributed by atoms with Crippen LogP contribution in [-0.4, -0.2) is 32.7 Å². The van der Waals surface area contributed by atoms with Crippen molar-refractivity contribution < 1.29 is 9.59 Å². The van der Waals surface area contributed by atoms with Gasteiger partial charge in [-0.2, -0.15) is 0 Å². The molecule has 7 nitrogen and oxygen atoms in total. The van der Waals surface area contributed by atoms with Crippen LogP contribution in [0.3, 0.4) is 0 Å². The number of anilines is 1. The van der Waals surface area contributed by atoms with Gasteiger partial charge < -0.3 is 10.6 Å². The summed E-state index contributed by atoms with van der Waals surface area (Å²) in [6.07, 6.45) is 0. The Kier molecular flexibility index (Phi) is 9.03. The maximum atomic E-state index is 12.8. The molecule has 0 unspecified atom stereocenters. The number of nitrogens with one attached hydrogen (secondary N) is 3. The van der Waals surface area contributed by atoms with Gasteiger partial charge in [0.15, 0.2) is 0 Å². The summed E-state index contributed by atoms with van der Waals surface area (Å²) in [6, 6.07) is 8.17. The van der Waals surface area contributed by atoms with E-state index in [9.17, 15) is 9.59 Å². The summed E-state index contributed by atoms with van der Waals surface area (Å²) in [5.41, 5.74) is 3.26. The van der Waals surface area contributed by atoms with E-state index in [0.717, 1.165) is 15.6 Å². The number of aromatic amines is 1. The Bertz CT molecular complexity index is 1220. The average Bonchev–Trinajstić information content (AvgIpc) is 3.22. The molecule has 0 aliphatic rings. The first-order chi connectivity index (χ1) is 16.0. The molecule has 3 rings (SSSR count). The van der Waals surface area contributed by atoms with Crippen LogP contribution in [0.2, 0.25) is 10.0 Å². The van der Waals surface area contributed by atoms with Crippen molar-refractivity contribution in [2.45, 2.75) is 38.9 Å². The lowest BCUT2D eigenvalue weighted by molar-refractivity contribution is -0.113. The number of carbonyl (C=O) groups excluding carboxylic acids is 2. The quantitative estimate of drug-likeness (QED) is 0.268. The van der Waals surface area contributed by atoms with Crippen LogP contribution in [0.25, 0.3) is 0 Å². The molecule has 0 aliphatic carbocycles. The molecule has 2 amide bonds. The number of benzene rings is 2. The van der Waals surface area contributed by atoms with Crippen LogP contribution in [0, 0.1) is 19.8 Å². The number of hydrogen-bond donors (Lipinski definition) is 3. The smallest absolute Gasteiger partial charge is 0.253 e. The summed E-state index contributed by atoms with van der Waals surface area (Å²) in [7, 11) is 0. The predicted octanol–water partition coefficient (Wildman–Crippen LogP) is 6.35. The Morgan fingerprint density at radius 2 is 1.85 bits per heavy atom. The lowest BCUT2D eigenvalue weighted by Crippen LogP contribution is -2.32. The molecular formula is C23H24BrCl2N5O2S. The molecule has 2 aromatic carbocycles. The van der Waals surface area contributed by atoms with E-state index in [0.29, 0.717) is 27.3 Å². The van der Waals surface area contributed by atoms with Gasteiger partial charge in [-0.1, -0.05) is 48.8 Å². The van der Waals surface area contributed by atoms with E-state index in [-0.39, 0.29) is 28.5 Å². The minimum Gasteiger partial charge on any atom is -0.342 e. The van der Waals surface area contributed by atoms with Crippen molar-refractivity contribution in [1.29, 1.82) is 0 Å². The van der Waals surface area contributed by atoms with Crippen molar-refractivity contribution in [2.75, 3.05) is 11.1 Å². The Hall–Kier alpha value is -2.07. The summed E-state index contributed by atoms with van der Waals surface area (Å²) in [6.45, 7) is 7.92. The van der Waals surface area contributed by atoms with Crippen LogP contribution >= 0.6 is 50.9 Å². The van der Waals surface area contributed by atoms with E-state index in [1.807, 2.05) is 39.8 Å². The zero-order valence-electron chi connectivity index (χ0n) is 19.0. The monoisotopic (exact) mass is 583 g/mol. The Morgan fingerprint density at radius 3 is 2.53 bits per heavy atom. The van der Waals surface area contributed by atoms with Gasteiger partial charge in [-0.15, -0.1) is 5.10 Å². The minimum absolute atomic E-state index is 0.0197. The van der Waals surface area contributed by atoms with E-state index < -0.39 is 6.04 Å². The lowest BCUT2D eigenvalue weighted by atomic mass is 10.0. The molecule has 0 saturated heterocycles. The molecule has 1 aromatic heterocycles. The number of aryl methyl sites for hydroxylation is 2. The van der Waals surface area contributed by atoms with E-state index in [1.54, 1.807) is 12.1 Å². The van der Waals surface area contributed by atoms with Crippen LogP contribution in [-0.2, 0) is 4.79 Å². The molecule has 1 atom stereocenters. The van der Waals surface area contributed by atoms with E-state index in [4.69, 9.17) is 23.2 Å². The first-order valence-electron chi connectivity index (χ1n) is 10.4. The lowest BCUT2D eigenvalue weighted by Gasteiger charge is -2.20. The number of aromatic nitrogens is 3. The van der Waals surface area contributed by atoms with Crippen molar-refractivity contribution in [1.82, 2.24) is 20.5 Å². The number of H-pyrrole nitrogens is 1. The van der Waals surface area contributed by atoms with Gasteiger partial charge >= 0.3 is 0 Å². The zero-order valence-corrected chi connectivity index (χ0v) is 22.9. The van der Waals surface area contributed by atoms with Crippen LogP contribution < -0.4 is 10.6 Å². The average molecular weight is 585 g/mol. The van der Waals surface area contributed by atoms with Crippen molar-refractivity contribution in [2.24, 2.45) is 5.92 Å². The molecule has 3 aromatic rings. The number of thioether (sulfide) groups is 1. The highest BCUT2D eigenvalue weighted by atomic mass is 79.9. The largest absolute Gasteiger partial charge is 0.342 e. The topological polar surface area (TPSA) is 99.8 Å². The number of carbonyl (C=O) groups is 2. The number of halogens is 3. The standard InChI is InChI=1S/C23H24BrCl2N5O2S/c1-11(2)20(28-22(33)15-6-5-14(25)9-17(15)26)21-29-23(31-30-21)34-10-19(32)27-18-8-13(4)12(3)7-16(18)24/h5-9,11,20H,10H2,1-4H3,(H,27,32)(H,28,33)(H,29,30,31)/t20-/m1/s1. The van der Waals surface area contributed by atoms with Crippen molar-refractivity contribution >= 4 is 68.4 Å². The van der Waals surface area contributed by atoms with Gasteiger partial charge in [0.2, 0.25) is 11.1 Å². The molecule has 3 N–H and O–H groups in total. The van der Waals surface area contributed by atoms with Gasteiger partial charge in [-0.3, -0.25) is 14.7 Å². The molecule has 34 heavy (non-hydrogen) atoms. The van der Waals surface area contributed by atoms with Crippen LogP contribution in [0.4, 0.5) is 5.69 Å². The maximum absolute atomic E-state index is 12.8. The van der Waals surface area contributed by atoms with Gasteiger partial charge in [-0.05, 0) is 77.2 Å². The predicted molar refractivity (Wildman–Crippen MR) is 141 cm³/mol. The van der Waals surface area contributed by atoms with E-state index in [2.05, 4.69) is 41.7 Å². The number of hydrogen-bond acceptors (Lipinski definition) is 5. The van der Waals surface area contributed by atoms with Crippen molar-refractivity contribution in [3.05, 3.63) is 67.4 Å². The molecule has 0 aliphatic heterocycles. The second kappa shape index (κ2) is 11.6. The van der Waals surface area contributed by atoms with Crippen LogP contribution in [0.1, 0.15) is 47.2 Å². The number of rotatable bonds is 8. The third-order valence-corrected chi connectivity index (χ3v) is 7.15. The van der Waals surface area contributed by atoms with E-state index in [1.165, 1.54) is 17.8 Å². The Balaban J connectivity index is 1.63. The van der Waals surface area contributed by atoms with Gasteiger partial charge in [0.05, 0.1) is 28.1 Å². The molecule has 0 radical (unpaired) electrons. The van der Waals surface area contributed by atoms with Gasteiger partial charge in [-0.25, -0.2) is 4.98 Å². The van der Waals surface area contributed by atoms with Crippen molar-refractivity contribution in [3.8, 4) is 0 Å². The molecule has 0 spiro atoms. The molecule has 0 saturated carbocycles. The summed E-state index contributed by atoms with van der Waals surface area (Å²) in [5.74, 6) is 0.130. The van der Waals surface area contributed by atoms with E-state index >= 15 is 0 Å². The fourth-order valence-electron chi connectivity index (χ4n) is 3.10. The second-order valence-electron chi connectivity index (χ2n) is 8.08. The second-order valence-corrected chi connectivity index (χ2v) is 10.7. The SMILES string of the molecule is Cc1cc(Br)c(NC(=O)CSc2n[nH]c([C@H](NC(=O)c3ccc(Cl)cc3Cl)C(C)C)n2)cc1C. The summed E-state index contributed by atoms with van der Waals surface area (Å²) in [5, 5.41) is 14.0. The molecule has 0 bridgehead atoms. The third-order valence-electron chi connectivity index (χ3n) is 5.10. The van der Waals surface area contributed by atoms with Crippen LogP contribution in [0.15, 0.2) is 40.0 Å². The normalized spacial score (nSPS) is 12.0. The third kappa shape index (κ3) is 6.75. The summed E-state index contributed by atoms with van der Waals surface area (Å²) < 4.78 is 0.824. The van der Waals surface area contributed by atoms with Gasteiger partial charge in [0, 0.05) is 9.50 Å². The molecule has 0 fully saturated rings. The first kappa shape index (κ1) is 26.5. The summed E-state index contributed by atoms with van der Waals surface area (Å²) >= 11 is 16.8.